The fraction of sp³-hybridized carbons (Fsp3) is 0.222. The van der Waals surface area contributed by atoms with Gasteiger partial charge in [0.25, 0.3) is 5.91 Å². The van der Waals surface area contributed by atoms with Crippen LogP contribution in [0.25, 0.3) is 0 Å². The van der Waals surface area contributed by atoms with Crippen molar-refractivity contribution in [1.82, 2.24) is 0 Å². The highest BCUT2D eigenvalue weighted by Crippen LogP contribution is 2.39. The Morgan fingerprint density at radius 3 is 2.22 bits per heavy atom. The number of anilines is 1. The highest BCUT2D eigenvalue weighted by Gasteiger charge is 2.19. The summed E-state index contributed by atoms with van der Waals surface area (Å²) in [7, 11) is 4.32. The number of carbonyl (C=O) groups is 2. The van der Waals surface area contributed by atoms with Crippen LogP contribution in [0.15, 0.2) is 30.3 Å². The first-order chi connectivity index (χ1) is 12.9. The standard InChI is InChI=1S/C18H17ClFNO6/c1-24-13-7-10(8-14(25-2)17(13)26-3)21-15(22)9-27-18(23)16-11(19)5-4-6-12(16)20/h4-8H,9H2,1-3H3,(H,21,22). The van der Waals surface area contributed by atoms with E-state index in [9.17, 15) is 14.0 Å². The Bertz CT molecular complexity index is 812. The minimum Gasteiger partial charge on any atom is -0.493 e. The van der Waals surface area contributed by atoms with Crippen molar-refractivity contribution in [2.75, 3.05) is 33.3 Å². The highest BCUT2D eigenvalue weighted by atomic mass is 35.5. The van der Waals surface area contributed by atoms with Gasteiger partial charge in [0.15, 0.2) is 18.1 Å². The van der Waals surface area contributed by atoms with Crippen molar-refractivity contribution in [3.05, 3.63) is 46.7 Å². The van der Waals surface area contributed by atoms with E-state index in [0.29, 0.717) is 22.9 Å². The van der Waals surface area contributed by atoms with Gasteiger partial charge in [-0.3, -0.25) is 4.79 Å². The average molecular weight is 398 g/mol. The number of esters is 1. The van der Waals surface area contributed by atoms with Crippen LogP contribution in [-0.4, -0.2) is 39.8 Å². The zero-order valence-corrected chi connectivity index (χ0v) is 15.6. The molecule has 0 unspecified atom stereocenters. The molecule has 0 saturated carbocycles. The van der Waals surface area contributed by atoms with Gasteiger partial charge < -0.3 is 24.3 Å². The average Bonchev–Trinajstić information content (AvgIpc) is 2.65. The number of benzene rings is 2. The van der Waals surface area contributed by atoms with Crippen LogP contribution >= 0.6 is 11.6 Å². The fourth-order valence-corrected chi connectivity index (χ4v) is 2.49. The van der Waals surface area contributed by atoms with E-state index in [1.54, 1.807) is 0 Å². The molecule has 0 bridgehead atoms. The van der Waals surface area contributed by atoms with Crippen LogP contribution in [0.4, 0.5) is 10.1 Å². The van der Waals surface area contributed by atoms with Crippen molar-refractivity contribution in [3.63, 3.8) is 0 Å². The van der Waals surface area contributed by atoms with Crippen LogP contribution in [0.5, 0.6) is 17.2 Å². The maximum absolute atomic E-state index is 13.7. The lowest BCUT2D eigenvalue weighted by Gasteiger charge is -2.14. The van der Waals surface area contributed by atoms with E-state index in [4.69, 9.17) is 30.5 Å². The predicted octanol–water partition coefficient (Wildman–Crippen LogP) is 3.30. The third-order valence-electron chi connectivity index (χ3n) is 3.45. The second-order valence-corrected chi connectivity index (χ2v) is 5.54. The summed E-state index contributed by atoms with van der Waals surface area (Å²) in [6.07, 6.45) is 0. The van der Waals surface area contributed by atoms with Gasteiger partial charge in [0.2, 0.25) is 5.75 Å². The van der Waals surface area contributed by atoms with Crippen LogP contribution < -0.4 is 19.5 Å². The zero-order chi connectivity index (χ0) is 20.0. The topological polar surface area (TPSA) is 83.1 Å². The number of nitrogens with one attached hydrogen (secondary N) is 1. The van der Waals surface area contributed by atoms with Crippen molar-refractivity contribution in [2.24, 2.45) is 0 Å². The van der Waals surface area contributed by atoms with Crippen LogP contribution in [0.3, 0.4) is 0 Å². The molecule has 144 valence electrons. The summed E-state index contributed by atoms with van der Waals surface area (Å²) in [6, 6.07) is 6.78. The molecule has 0 atom stereocenters. The Labute approximate surface area is 159 Å². The second-order valence-electron chi connectivity index (χ2n) is 5.13. The zero-order valence-electron chi connectivity index (χ0n) is 14.8. The molecule has 0 radical (unpaired) electrons. The largest absolute Gasteiger partial charge is 0.493 e. The maximum Gasteiger partial charge on any atom is 0.343 e. The molecule has 0 saturated heterocycles. The van der Waals surface area contributed by atoms with Crippen molar-refractivity contribution >= 4 is 29.2 Å². The Kier molecular flexibility index (Phi) is 6.84. The Morgan fingerprint density at radius 2 is 1.70 bits per heavy atom. The minimum atomic E-state index is -1.04. The molecule has 0 aliphatic rings. The fourth-order valence-electron chi connectivity index (χ4n) is 2.25. The molecule has 27 heavy (non-hydrogen) atoms. The van der Waals surface area contributed by atoms with E-state index in [0.717, 1.165) is 6.07 Å². The van der Waals surface area contributed by atoms with E-state index < -0.39 is 29.9 Å². The van der Waals surface area contributed by atoms with Crippen LogP contribution in [0.2, 0.25) is 5.02 Å². The summed E-state index contributed by atoms with van der Waals surface area (Å²) in [4.78, 5) is 24.0. The lowest BCUT2D eigenvalue weighted by atomic mass is 10.2. The predicted molar refractivity (Wildman–Crippen MR) is 96.4 cm³/mol. The van der Waals surface area contributed by atoms with Gasteiger partial charge in [-0.15, -0.1) is 0 Å². The molecule has 7 nitrogen and oxygen atoms in total. The summed E-state index contributed by atoms with van der Waals surface area (Å²) in [5.41, 5.74) is -0.103. The lowest BCUT2D eigenvalue weighted by molar-refractivity contribution is -0.119. The molecule has 2 rings (SSSR count). The van der Waals surface area contributed by atoms with E-state index in [-0.39, 0.29) is 5.02 Å². The summed E-state index contributed by atoms with van der Waals surface area (Å²) < 4.78 is 34.1. The molecule has 9 heteroatoms. The van der Waals surface area contributed by atoms with Gasteiger partial charge in [-0.05, 0) is 12.1 Å². The summed E-state index contributed by atoms with van der Waals surface area (Å²) in [5.74, 6) is -1.50. The second kappa shape index (κ2) is 9.09. The Balaban J connectivity index is 2.07. The molecule has 1 amide bonds. The normalized spacial score (nSPS) is 10.1. The molecule has 2 aromatic carbocycles. The van der Waals surface area contributed by atoms with Crippen molar-refractivity contribution in [2.45, 2.75) is 0 Å². The van der Waals surface area contributed by atoms with Crippen molar-refractivity contribution in [1.29, 1.82) is 0 Å². The first kappa shape index (κ1) is 20.3. The molecule has 0 spiro atoms. The Hall–Kier alpha value is -3.00. The van der Waals surface area contributed by atoms with Gasteiger partial charge in [-0.1, -0.05) is 17.7 Å². The summed E-state index contributed by atoms with van der Waals surface area (Å²) >= 11 is 5.78. The van der Waals surface area contributed by atoms with E-state index in [1.807, 2.05) is 0 Å². The molecule has 0 aliphatic carbocycles. The molecular formula is C18H17ClFNO6. The van der Waals surface area contributed by atoms with Gasteiger partial charge >= 0.3 is 5.97 Å². The molecule has 0 fully saturated rings. The van der Waals surface area contributed by atoms with Gasteiger partial charge in [0, 0.05) is 17.8 Å². The van der Waals surface area contributed by atoms with E-state index in [2.05, 4.69) is 5.32 Å². The number of hydrogen-bond donors (Lipinski definition) is 1. The molecule has 0 heterocycles. The number of hydrogen-bond acceptors (Lipinski definition) is 6. The highest BCUT2D eigenvalue weighted by molar-refractivity contribution is 6.33. The Morgan fingerprint density at radius 1 is 1.07 bits per heavy atom. The number of rotatable bonds is 7. The van der Waals surface area contributed by atoms with Gasteiger partial charge in [-0.2, -0.15) is 0 Å². The molecule has 0 aromatic heterocycles. The SMILES string of the molecule is COc1cc(NC(=O)COC(=O)c2c(F)cccc2Cl)cc(OC)c1OC. The quantitative estimate of drug-likeness (QED) is 0.722. The van der Waals surface area contributed by atoms with Crippen LogP contribution in [0, 0.1) is 5.82 Å². The smallest absolute Gasteiger partial charge is 0.343 e. The van der Waals surface area contributed by atoms with Crippen LogP contribution in [-0.2, 0) is 9.53 Å². The first-order valence-electron chi connectivity index (χ1n) is 7.62. The number of amides is 1. The van der Waals surface area contributed by atoms with Gasteiger partial charge in [0.1, 0.15) is 11.4 Å². The van der Waals surface area contributed by atoms with Crippen molar-refractivity contribution < 1.29 is 32.9 Å². The minimum absolute atomic E-state index is 0.106. The molecule has 0 aliphatic heterocycles. The van der Waals surface area contributed by atoms with Crippen LogP contribution in [0.1, 0.15) is 10.4 Å². The summed E-state index contributed by atoms with van der Waals surface area (Å²) in [6.45, 7) is -0.639. The third-order valence-corrected chi connectivity index (χ3v) is 3.76. The van der Waals surface area contributed by atoms with E-state index in [1.165, 1.54) is 45.6 Å². The van der Waals surface area contributed by atoms with Gasteiger partial charge in [0.05, 0.1) is 26.4 Å². The maximum atomic E-state index is 13.7. The monoisotopic (exact) mass is 397 g/mol. The molecule has 2 aromatic rings. The molecule has 1 N–H and O–H groups in total. The van der Waals surface area contributed by atoms with Crippen molar-refractivity contribution in [3.8, 4) is 17.2 Å². The number of halogens is 2. The lowest BCUT2D eigenvalue weighted by Crippen LogP contribution is -2.21. The summed E-state index contributed by atoms with van der Waals surface area (Å²) in [5, 5.41) is 2.41. The first-order valence-corrected chi connectivity index (χ1v) is 8.00. The third kappa shape index (κ3) is 4.79. The van der Waals surface area contributed by atoms with E-state index >= 15 is 0 Å². The number of ether oxygens (including phenoxy) is 4. The molecular weight excluding hydrogens is 381 g/mol. The number of carbonyl (C=O) groups excluding carboxylic acids is 2. The number of methoxy groups -OCH3 is 3. The van der Waals surface area contributed by atoms with Gasteiger partial charge in [-0.25, -0.2) is 9.18 Å².